The number of carbonyl (C=O) groups is 1. The van der Waals surface area contributed by atoms with E-state index in [1.807, 2.05) is 24.1 Å². The van der Waals surface area contributed by atoms with Gasteiger partial charge in [0.05, 0.1) is 16.8 Å². The SMILES string of the molecule is CC1CC[C@H](N(C)C(=O)c2ccc(-c3ccc4cc[nH]c4c3F)nc2)C1. The van der Waals surface area contributed by atoms with E-state index in [0.29, 0.717) is 34.3 Å². The zero-order chi connectivity index (χ0) is 18.3. The van der Waals surface area contributed by atoms with Crippen molar-refractivity contribution >= 4 is 16.8 Å². The Morgan fingerprint density at radius 1 is 1.23 bits per heavy atom. The van der Waals surface area contributed by atoms with E-state index in [0.717, 1.165) is 18.2 Å². The highest BCUT2D eigenvalue weighted by molar-refractivity contribution is 5.94. The maximum atomic E-state index is 14.7. The molecule has 1 fully saturated rings. The van der Waals surface area contributed by atoms with Crippen LogP contribution in [0.3, 0.4) is 0 Å². The molecule has 2 heterocycles. The fraction of sp³-hybridized carbons (Fsp3) is 0.333. The largest absolute Gasteiger partial charge is 0.359 e. The molecule has 26 heavy (non-hydrogen) atoms. The molecule has 1 aliphatic rings. The van der Waals surface area contributed by atoms with E-state index in [2.05, 4.69) is 16.9 Å². The third kappa shape index (κ3) is 2.87. The van der Waals surface area contributed by atoms with Gasteiger partial charge in [0.1, 0.15) is 0 Å². The fourth-order valence-corrected chi connectivity index (χ4v) is 3.87. The first-order valence-electron chi connectivity index (χ1n) is 9.04. The molecule has 4 rings (SSSR count). The van der Waals surface area contributed by atoms with Crippen LogP contribution in [0.25, 0.3) is 22.2 Å². The second-order valence-corrected chi connectivity index (χ2v) is 7.29. The molecule has 2 atom stereocenters. The van der Waals surface area contributed by atoms with Gasteiger partial charge in [0.2, 0.25) is 0 Å². The van der Waals surface area contributed by atoms with Crippen LogP contribution in [0.2, 0.25) is 0 Å². The third-order valence-corrected chi connectivity index (χ3v) is 5.49. The van der Waals surface area contributed by atoms with Gasteiger partial charge in [-0.1, -0.05) is 13.0 Å². The topological polar surface area (TPSA) is 49.0 Å². The van der Waals surface area contributed by atoms with Gasteiger partial charge in [-0.3, -0.25) is 9.78 Å². The summed E-state index contributed by atoms with van der Waals surface area (Å²) >= 11 is 0. The normalized spacial score (nSPS) is 19.8. The lowest BCUT2D eigenvalue weighted by molar-refractivity contribution is 0.0732. The Labute approximate surface area is 152 Å². The van der Waals surface area contributed by atoms with Crippen LogP contribution in [0, 0.1) is 11.7 Å². The molecule has 2 aromatic heterocycles. The second-order valence-electron chi connectivity index (χ2n) is 7.29. The van der Waals surface area contributed by atoms with Crippen molar-refractivity contribution in [1.82, 2.24) is 14.9 Å². The van der Waals surface area contributed by atoms with Crippen LogP contribution in [0.1, 0.15) is 36.5 Å². The summed E-state index contributed by atoms with van der Waals surface area (Å²) in [6.45, 7) is 2.23. The lowest BCUT2D eigenvalue weighted by Gasteiger charge is -2.24. The number of hydrogen-bond acceptors (Lipinski definition) is 2. The Hall–Kier alpha value is -2.69. The molecule has 134 valence electrons. The summed E-state index contributed by atoms with van der Waals surface area (Å²) in [6.07, 6.45) is 6.53. The van der Waals surface area contributed by atoms with E-state index < -0.39 is 0 Å². The van der Waals surface area contributed by atoms with E-state index in [-0.39, 0.29) is 11.7 Å². The number of aromatic nitrogens is 2. The van der Waals surface area contributed by atoms with Crippen LogP contribution in [0.4, 0.5) is 4.39 Å². The summed E-state index contributed by atoms with van der Waals surface area (Å²) < 4.78 is 14.7. The Balaban J connectivity index is 1.58. The molecule has 1 amide bonds. The molecule has 1 unspecified atom stereocenters. The second kappa shape index (κ2) is 6.56. The van der Waals surface area contributed by atoms with Crippen molar-refractivity contribution in [3.8, 4) is 11.3 Å². The Kier molecular flexibility index (Phi) is 4.23. The zero-order valence-corrected chi connectivity index (χ0v) is 15.0. The quantitative estimate of drug-likeness (QED) is 0.748. The van der Waals surface area contributed by atoms with Crippen LogP contribution in [0.15, 0.2) is 42.7 Å². The maximum absolute atomic E-state index is 14.7. The van der Waals surface area contributed by atoms with E-state index in [9.17, 15) is 9.18 Å². The predicted molar refractivity (Wildman–Crippen MR) is 100 cm³/mol. The first kappa shape index (κ1) is 16.8. The standard InChI is InChI=1S/C21H22FN3O/c1-13-3-6-16(11-13)25(2)21(26)15-5-8-18(24-12-15)17-7-4-14-9-10-23-20(14)19(17)22/h4-5,7-10,12-13,16,23H,3,6,11H2,1-2H3/t13?,16-/m0/s1. The van der Waals surface area contributed by atoms with E-state index in [1.165, 1.54) is 6.42 Å². The van der Waals surface area contributed by atoms with Gasteiger partial charge < -0.3 is 9.88 Å². The maximum Gasteiger partial charge on any atom is 0.255 e. The van der Waals surface area contributed by atoms with Gasteiger partial charge in [-0.15, -0.1) is 0 Å². The fourth-order valence-electron chi connectivity index (χ4n) is 3.87. The Morgan fingerprint density at radius 3 is 2.77 bits per heavy atom. The number of nitrogens with zero attached hydrogens (tertiary/aromatic N) is 2. The number of pyridine rings is 1. The van der Waals surface area contributed by atoms with Crippen molar-refractivity contribution in [1.29, 1.82) is 0 Å². The van der Waals surface area contributed by atoms with Crippen molar-refractivity contribution in [2.45, 2.75) is 32.2 Å². The molecule has 4 nitrogen and oxygen atoms in total. The van der Waals surface area contributed by atoms with Gasteiger partial charge in [-0.05, 0) is 49.4 Å². The number of hydrogen-bond donors (Lipinski definition) is 1. The van der Waals surface area contributed by atoms with Crippen molar-refractivity contribution < 1.29 is 9.18 Å². The third-order valence-electron chi connectivity index (χ3n) is 5.49. The van der Waals surface area contributed by atoms with Crippen LogP contribution in [-0.2, 0) is 0 Å². The first-order chi connectivity index (χ1) is 12.5. The lowest BCUT2D eigenvalue weighted by atomic mass is 10.1. The minimum atomic E-state index is -0.323. The number of H-pyrrole nitrogens is 1. The number of fused-ring (bicyclic) bond motifs is 1. The number of amides is 1. The highest BCUT2D eigenvalue weighted by atomic mass is 19.1. The minimum absolute atomic E-state index is 0.0246. The van der Waals surface area contributed by atoms with Gasteiger partial charge in [0.25, 0.3) is 5.91 Å². The zero-order valence-electron chi connectivity index (χ0n) is 15.0. The summed E-state index contributed by atoms with van der Waals surface area (Å²) in [5.74, 6) is 0.321. The summed E-state index contributed by atoms with van der Waals surface area (Å²) in [7, 11) is 1.86. The predicted octanol–water partition coefficient (Wildman–Crippen LogP) is 4.63. The molecule has 0 radical (unpaired) electrons. The first-order valence-corrected chi connectivity index (χ1v) is 9.04. The van der Waals surface area contributed by atoms with Crippen LogP contribution >= 0.6 is 0 Å². The number of carbonyl (C=O) groups excluding carboxylic acids is 1. The summed E-state index contributed by atoms with van der Waals surface area (Å²) in [6, 6.07) is 9.16. The molecule has 0 spiro atoms. The van der Waals surface area contributed by atoms with Gasteiger partial charge in [-0.25, -0.2) is 4.39 Å². The van der Waals surface area contributed by atoms with Crippen LogP contribution in [-0.4, -0.2) is 33.9 Å². The highest BCUT2D eigenvalue weighted by Crippen LogP contribution is 2.30. The molecule has 0 saturated heterocycles. The van der Waals surface area contributed by atoms with Crippen molar-refractivity contribution in [3.63, 3.8) is 0 Å². The molecular formula is C21H22FN3O. The molecule has 1 aliphatic carbocycles. The smallest absolute Gasteiger partial charge is 0.255 e. The number of aromatic amines is 1. The van der Waals surface area contributed by atoms with Gasteiger partial charge in [0, 0.05) is 36.4 Å². The molecule has 5 heteroatoms. The van der Waals surface area contributed by atoms with Crippen molar-refractivity contribution in [3.05, 3.63) is 54.1 Å². The number of rotatable bonds is 3. The van der Waals surface area contributed by atoms with E-state index >= 15 is 0 Å². The molecule has 0 aliphatic heterocycles. The lowest BCUT2D eigenvalue weighted by Crippen LogP contribution is -2.35. The highest BCUT2D eigenvalue weighted by Gasteiger charge is 2.28. The number of nitrogens with one attached hydrogen (secondary N) is 1. The summed E-state index contributed by atoms with van der Waals surface area (Å²) in [4.78, 5) is 21.8. The number of halogens is 1. The molecular weight excluding hydrogens is 329 g/mol. The minimum Gasteiger partial charge on any atom is -0.359 e. The van der Waals surface area contributed by atoms with E-state index in [4.69, 9.17) is 0 Å². The van der Waals surface area contributed by atoms with Crippen LogP contribution in [0.5, 0.6) is 0 Å². The molecule has 1 saturated carbocycles. The molecule has 0 bridgehead atoms. The average molecular weight is 351 g/mol. The Bertz CT molecular complexity index is 948. The molecule has 3 aromatic rings. The van der Waals surface area contributed by atoms with Gasteiger partial charge >= 0.3 is 0 Å². The number of benzene rings is 1. The molecule has 1 N–H and O–H groups in total. The van der Waals surface area contributed by atoms with Crippen molar-refractivity contribution in [2.24, 2.45) is 5.92 Å². The summed E-state index contributed by atoms with van der Waals surface area (Å²) in [5.41, 5.74) is 1.96. The molecule has 1 aromatic carbocycles. The average Bonchev–Trinajstić information content (AvgIpc) is 3.30. The van der Waals surface area contributed by atoms with Gasteiger partial charge in [0.15, 0.2) is 5.82 Å². The van der Waals surface area contributed by atoms with Gasteiger partial charge in [-0.2, -0.15) is 0 Å². The van der Waals surface area contributed by atoms with Crippen molar-refractivity contribution in [2.75, 3.05) is 7.05 Å². The van der Waals surface area contributed by atoms with E-state index in [1.54, 1.807) is 30.6 Å². The van der Waals surface area contributed by atoms with Crippen LogP contribution < -0.4 is 0 Å². The summed E-state index contributed by atoms with van der Waals surface area (Å²) in [5, 5.41) is 0.825. The monoisotopic (exact) mass is 351 g/mol. The Morgan fingerprint density at radius 2 is 2.08 bits per heavy atom.